The number of primary amides is 1. The molecule has 1 amide bonds. The van der Waals surface area contributed by atoms with Crippen LogP contribution in [0, 0.1) is 0 Å². The predicted molar refractivity (Wildman–Crippen MR) is 81.5 cm³/mol. The van der Waals surface area contributed by atoms with Crippen molar-refractivity contribution in [3.05, 3.63) is 36.8 Å². The number of carbonyl (C=O) groups excluding carboxylic acids is 1. The van der Waals surface area contributed by atoms with Gasteiger partial charge in [-0.15, -0.1) is 0 Å². The van der Waals surface area contributed by atoms with Crippen molar-refractivity contribution in [2.45, 2.75) is 47.6 Å². The molecular weight excluding hydrogens is 242 g/mol. The van der Waals surface area contributed by atoms with Crippen LogP contribution in [0.25, 0.3) is 0 Å². The SMILES string of the molecule is C=CC1=C(C=C)OC(C(N)=O)CO1.CC.CC.CC. The van der Waals surface area contributed by atoms with E-state index in [1.807, 2.05) is 41.5 Å². The van der Waals surface area contributed by atoms with Crippen LogP contribution < -0.4 is 5.73 Å². The fourth-order valence-corrected chi connectivity index (χ4v) is 0.930. The molecule has 4 nitrogen and oxygen atoms in total. The van der Waals surface area contributed by atoms with Gasteiger partial charge in [-0.25, -0.2) is 0 Å². The minimum absolute atomic E-state index is 0.119. The van der Waals surface area contributed by atoms with Crippen LogP contribution in [0.2, 0.25) is 0 Å². The van der Waals surface area contributed by atoms with Gasteiger partial charge in [0.25, 0.3) is 5.91 Å². The van der Waals surface area contributed by atoms with Crippen molar-refractivity contribution in [2.75, 3.05) is 6.61 Å². The maximum atomic E-state index is 10.7. The summed E-state index contributed by atoms with van der Waals surface area (Å²) in [4.78, 5) is 10.7. The highest BCUT2D eigenvalue weighted by atomic mass is 16.6. The number of nitrogens with two attached hydrogens (primary N) is 1. The number of amides is 1. The molecule has 0 aromatic carbocycles. The largest absolute Gasteiger partial charge is 0.485 e. The number of allylic oxidation sites excluding steroid dienone is 2. The van der Waals surface area contributed by atoms with Gasteiger partial charge in [-0.1, -0.05) is 54.7 Å². The molecule has 19 heavy (non-hydrogen) atoms. The van der Waals surface area contributed by atoms with Crippen molar-refractivity contribution in [1.82, 2.24) is 0 Å². The quantitative estimate of drug-likeness (QED) is 0.853. The van der Waals surface area contributed by atoms with Gasteiger partial charge >= 0.3 is 0 Å². The first kappa shape index (κ1) is 22.5. The molecule has 0 aromatic rings. The monoisotopic (exact) mass is 271 g/mol. The van der Waals surface area contributed by atoms with Crippen LogP contribution in [-0.2, 0) is 14.3 Å². The van der Waals surface area contributed by atoms with Crippen molar-refractivity contribution < 1.29 is 14.3 Å². The smallest absolute Gasteiger partial charge is 0.262 e. The van der Waals surface area contributed by atoms with E-state index in [-0.39, 0.29) is 6.61 Å². The van der Waals surface area contributed by atoms with Gasteiger partial charge < -0.3 is 15.2 Å². The Kier molecular flexibility index (Phi) is 19.3. The lowest BCUT2D eigenvalue weighted by Crippen LogP contribution is -2.37. The Morgan fingerprint density at radius 3 is 1.84 bits per heavy atom. The summed E-state index contributed by atoms with van der Waals surface area (Å²) in [6, 6.07) is 0. The van der Waals surface area contributed by atoms with E-state index in [9.17, 15) is 4.79 Å². The average molecular weight is 271 g/mol. The van der Waals surface area contributed by atoms with Crippen LogP contribution in [-0.4, -0.2) is 18.6 Å². The van der Waals surface area contributed by atoms with Crippen LogP contribution in [0.15, 0.2) is 36.8 Å². The highest BCUT2D eigenvalue weighted by Crippen LogP contribution is 2.18. The first-order chi connectivity index (χ1) is 9.19. The summed E-state index contributed by atoms with van der Waals surface area (Å²) in [6.07, 6.45) is 2.21. The summed E-state index contributed by atoms with van der Waals surface area (Å²) in [7, 11) is 0. The molecular formula is C15H29NO3. The van der Waals surface area contributed by atoms with E-state index in [0.29, 0.717) is 11.5 Å². The van der Waals surface area contributed by atoms with Crippen molar-refractivity contribution >= 4 is 5.91 Å². The zero-order chi connectivity index (χ0) is 15.8. The van der Waals surface area contributed by atoms with E-state index < -0.39 is 12.0 Å². The predicted octanol–water partition coefficient (Wildman–Crippen LogP) is 3.55. The molecule has 1 atom stereocenters. The van der Waals surface area contributed by atoms with E-state index in [1.54, 1.807) is 0 Å². The van der Waals surface area contributed by atoms with Crippen molar-refractivity contribution in [2.24, 2.45) is 5.73 Å². The normalized spacial score (nSPS) is 15.6. The summed E-state index contributed by atoms with van der Waals surface area (Å²) in [5, 5.41) is 0. The molecule has 2 N–H and O–H groups in total. The molecule has 0 saturated heterocycles. The van der Waals surface area contributed by atoms with E-state index >= 15 is 0 Å². The molecule has 0 aliphatic carbocycles. The summed E-state index contributed by atoms with van der Waals surface area (Å²) >= 11 is 0. The summed E-state index contributed by atoms with van der Waals surface area (Å²) in [5.41, 5.74) is 5.04. The van der Waals surface area contributed by atoms with Crippen molar-refractivity contribution in [3.8, 4) is 0 Å². The minimum atomic E-state index is -0.739. The van der Waals surface area contributed by atoms with Crippen LogP contribution >= 0.6 is 0 Å². The first-order valence-electron chi connectivity index (χ1n) is 6.77. The van der Waals surface area contributed by atoms with Crippen LogP contribution in [0.3, 0.4) is 0 Å². The minimum Gasteiger partial charge on any atom is -0.485 e. The Morgan fingerprint density at radius 1 is 1.11 bits per heavy atom. The summed E-state index contributed by atoms with van der Waals surface area (Å²) in [6.45, 7) is 19.2. The molecule has 0 aromatic heterocycles. The second-order valence-corrected chi connectivity index (χ2v) is 2.46. The number of hydrogen-bond donors (Lipinski definition) is 1. The molecule has 1 aliphatic rings. The van der Waals surface area contributed by atoms with Gasteiger partial charge in [-0.2, -0.15) is 0 Å². The summed E-state index contributed by atoms with van der Waals surface area (Å²) in [5.74, 6) is 0.319. The third kappa shape index (κ3) is 8.94. The lowest BCUT2D eigenvalue weighted by atomic mass is 10.3. The number of rotatable bonds is 3. The zero-order valence-corrected chi connectivity index (χ0v) is 13.2. The van der Waals surface area contributed by atoms with Gasteiger partial charge in [-0.3, -0.25) is 4.79 Å². The fraction of sp³-hybridized carbons (Fsp3) is 0.533. The topological polar surface area (TPSA) is 61.5 Å². The summed E-state index contributed by atoms with van der Waals surface area (Å²) < 4.78 is 10.4. The number of ether oxygens (including phenoxy) is 2. The highest BCUT2D eigenvalue weighted by molar-refractivity contribution is 5.79. The lowest BCUT2D eigenvalue weighted by Gasteiger charge is -2.24. The maximum Gasteiger partial charge on any atom is 0.262 e. The first-order valence-corrected chi connectivity index (χ1v) is 6.77. The zero-order valence-electron chi connectivity index (χ0n) is 13.2. The molecule has 112 valence electrons. The van der Waals surface area contributed by atoms with Gasteiger partial charge in [0.2, 0.25) is 6.10 Å². The Labute approximate surface area is 118 Å². The third-order valence-electron chi connectivity index (χ3n) is 1.59. The Morgan fingerprint density at radius 2 is 1.53 bits per heavy atom. The van der Waals surface area contributed by atoms with Crippen LogP contribution in [0.5, 0.6) is 0 Å². The highest BCUT2D eigenvalue weighted by Gasteiger charge is 2.24. The standard InChI is InChI=1S/C9H11NO3.3C2H6/c1-3-6-7(4-2)13-8(5-12-6)9(10)11;3*1-2/h3-4,8H,1-2,5H2,(H2,10,11);3*1-2H3. The molecule has 1 aliphatic heterocycles. The molecule has 4 heteroatoms. The van der Waals surface area contributed by atoms with Gasteiger partial charge in [0.05, 0.1) is 0 Å². The Balaban J connectivity index is -0.000000375. The molecule has 0 radical (unpaired) electrons. The van der Waals surface area contributed by atoms with Crippen molar-refractivity contribution in [3.63, 3.8) is 0 Å². The van der Waals surface area contributed by atoms with Gasteiger partial charge in [0, 0.05) is 0 Å². The Bertz CT molecular complexity index is 283. The Hall–Kier alpha value is -1.71. The van der Waals surface area contributed by atoms with E-state index in [1.165, 1.54) is 12.2 Å². The molecule has 0 fully saturated rings. The lowest BCUT2D eigenvalue weighted by molar-refractivity contribution is -0.131. The second kappa shape index (κ2) is 16.3. The third-order valence-corrected chi connectivity index (χ3v) is 1.59. The van der Waals surface area contributed by atoms with Crippen LogP contribution in [0.4, 0.5) is 0 Å². The maximum absolute atomic E-state index is 10.7. The van der Waals surface area contributed by atoms with Gasteiger partial charge in [0.1, 0.15) is 6.61 Å². The van der Waals surface area contributed by atoms with E-state index in [2.05, 4.69) is 13.2 Å². The van der Waals surface area contributed by atoms with Gasteiger partial charge in [-0.05, 0) is 12.2 Å². The molecule has 0 saturated carbocycles. The molecule has 0 bridgehead atoms. The molecule has 1 unspecified atom stereocenters. The van der Waals surface area contributed by atoms with E-state index in [0.717, 1.165) is 0 Å². The fourth-order valence-electron chi connectivity index (χ4n) is 0.930. The molecule has 1 rings (SSSR count). The van der Waals surface area contributed by atoms with Gasteiger partial charge in [0.15, 0.2) is 11.5 Å². The number of carbonyl (C=O) groups is 1. The molecule has 0 spiro atoms. The number of hydrogen-bond acceptors (Lipinski definition) is 3. The van der Waals surface area contributed by atoms with Crippen molar-refractivity contribution in [1.29, 1.82) is 0 Å². The molecule has 1 heterocycles. The average Bonchev–Trinajstić information content (AvgIpc) is 2.52. The second-order valence-electron chi connectivity index (χ2n) is 2.46. The van der Waals surface area contributed by atoms with E-state index in [4.69, 9.17) is 15.2 Å². The van der Waals surface area contributed by atoms with Crippen LogP contribution in [0.1, 0.15) is 41.5 Å².